The Hall–Kier alpha value is -2.59. The minimum Gasteiger partial charge on any atom is -0.460 e. The second-order valence-electron chi connectivity index (χ2n) is 5.79. The number of nitrogens with one attached hydrogen (secondary N) is 1. The van der Waals surface area contributed by atoms with E-state index in [-0.39, 0.29) is 12.6 Å². The Bertz CT molecular complexity index is 879. The van der Waals surface area contributed by atoms with Crippen molar-refractivity contribution in [2.24, 2.45) is 0 Å². The van der Waals surface area contributed by atoms with Crippen LogP contribution >= 0.6 is 0 Å². The van der Waals surface area contributed by atoms with E-state index in [2.05, 4.69) is 48.0 Å². The summed E-state index contributed by atoms with van der Waals surface area (Å²) < 4.78 is 10.6. The predicted molar refractivity (Wildman–Crippen MR) is 96.1 cm³/mol. The van der Waals surface area contributed by atoms with E-state index >= 15 is 0 Å². The SMILES string of the molecule is C=C(C)C(=O)OCCOCCc1cccc2c1[nH]c1ccccc12. The molecule has 0 atom stereocenters. The highest BCUT2D eigenvalue weighted by atomic mass is 16.6. The van der Waals surface area contributed by atoms with E-state index in [9.17, 15) is 4.79 Å². The molecule has 0 aliphatic rings. The molecule has 4 nitrogen and oxygen atoms in total. The first kappa shape index (κ1) is 16.3. The van der Waals surface area contributed by atoms with Gasteiger partial charge < -0.3 is 14.5 Å². The minimum absolute atomic E-state index is 0.252. The van der Waals surface area contributed by atoms with Gasteiger partial charge in [-0.25, -0.2) is 4.79 Å². The highest BCUT2D eigenvalue weighted by Crippen LogP contribution is 2.27. The summed E-state index contributed by atoms with van der Waals surface area (Å²) in [6.07, 6.45) is 0.804. The van der Waals surface area contributed by atoms with Crippen molar-refractivity contribution in [3.8, 4) is 0 Å². The maximum Gasteiger partial charge on any atom is 0.333 e. The number of ether oxygens (including phenoxy) is 2. The molecule has 4 heteroatoms. The lowest BCUT2D eigenvalue weighted by atomic mass is 10.1. The first-order valence-electron chi connectivity index (χ1n) is 8.05. The summed E-state index contributed by atoms with van der Waals surface area (Å²) in [4.78, 5) is 14.7. The third-order valence-electron chi connectivity index (χ3n) is 3.95. The average molecular weight is 323 g/mol. The quantitative estimate of drug-likeness (QED) is 0.406. The zero-order chi connectivity index (χ0) is 16.9. The van der Waals surface area contributed by atoms with Crippen molar-refractivity contribution in [3.05, 3.63) is 60.2 Å². The van der Waals surface area contributed by atoms with E-state index in [1.807, 2.05) is 6.07 Å². The second kappa shape index (κ2) is 7.32. The summed E-state index contributed by atoms with van der Waals surface area (Å²) in [6.45, 7) is 6.39. The van der Waals surface area contributed by atoms with Gasteiger partial charge in [0.2, 0.25) is 0 Å². The molecule has 0 radical (unpaired) electrons. The number of hydrogen-bond acceptors (Lipinski definition) is 3. The molecule has 3 aromatic rings. The zero-order valence-electron chi connectivity index (χ0n) is 13.8. The Kier molecular flexibility index (Phi) is 4.96. The third kappa shape index (κ3) is 3.49. The fraction of sp³-hybridized carbons (Fsp3) is 0.250. The molecule has 0 aliphatic heterocycles. The maximum absolute atomic E-state index is 11.2. The van der Waals surface area contributed by atoms with Crippen LogP contribution in [0.15, 0.2) is 54.6 Å². The van der Waals surface area contributed by atoms with Crippen LogP contribution in [0.5, 0.6) is 0 Å². The van der Waals surface area contributed by atoms with Crippen LogP contribution in [0, 0.1) is 0 Å². The topological polar surface area (TPSA) is 51.3 Å². The Morgan fingerprint density at radius 1 is 1.04 bits per heavy atom. The fourth-order valence-corrected chi connectivity index (χ4v) is 2.74. The first-order valence-corrected chi connectivity index (χ1v) is 8.05. The van der Waals surface area contributed by atoms with E-state index in [0.29, 0.717) is 18.8 Å². The van der Waals surface area contributed by atoms with Crippen molar-refractivity contribution in [3.63, 3.8) is 0 Å². The first-order chi connectivity index (χ1) is 11.7. The molecule has 0 saturated carbocycles. The maximum atomic E-state index is 11.2. The number of fused-ring (bicyclic) bond motifs is 3. The van der Waals surface area contributed by atoms with Crippen LogP contribution < -0.4 is 0 Å². The van der Waals surface area contributed by atoms with Crippen LogP contribution in [0.3, 0.4) is 0 Å². The summed E-state index contributed by atoms with van der Waals surface area (Å²) in [6, 6.07) is 14.6. The average Bonchev–Trinajstić information content (AvgIpc) is 2.97. The Morgan fingerprint density at radius 3 is 2.67 bits per heavy atom. The molecular weight excluding hydrogens is 302 g/mol. The molecular formula is C20H21NO3. The molecule has 0 saturated heterocycles. The molecule has 0 spiro atoms. The van der Waals surface area contributed by atoms with E-state index in [4.69, 9.17) is 9.47 Å². The minimum atomic E-state index is -0.374. The standard InChI is InChI=1S/C20H21NO3/c1-14(2)20(22)24-13-12-23-11-10-15-6-5-8-17-16-7-3-4-9-18(16)21-19(15)17/h3-9,21H,1,10-13H2,2H3. The van der Waals surface area contributed by atoms with E-state index in [1.165, 1.54) is 16.3 Å². The Labute approximate surface area is 141 Å². The van der Waals surface area contributed by atoms with Gasteiger partial charge in [0.25, 0.3) is 0 Å². The molecule has 124 valence electrons. The van der Waals surface area contributed by atoms with Gasteiger partial charge in [-0.1, -0.05) is 43.0 Å². The molecule has 24 heavy (non-hydrogen) atoms. The molecule has 0 bridgehead atoms. The number of benzene rings is 2. The van der Waals surface area contributed by atoms with Crippen LogP contribution in [0.1, 0.15) is 12.5 Å². The van der Waals surface area contributed by atoms with Crippen molar-refractivity contribution >= 4 is 27.8 Å². The molecule has 0 unspecified atom stereocenters. The Balaban J connectivity index is 1.58. The van der Waals surface area contributed by atoms with Gasteiger partial charge in [0.05, 0.1) is 13.2 Å². The number of carbonyl (C=O) groups is 1. The molecule has 1 heterocycles. The number of H-pyrrole nitrogens is 1. The molecule has 2 aromatic carbocycles. The largest absolute Gasteiger partial charge is 0.460 e. The molecule has 1 N–H and O–H groups in total. The zero-order valence-corrected chi connectivity index (χ0v) is 13.8. The summed E-state index contributed by atoms with van der Waals surface area (Å²) in [5, 5.41) is 2.47. The van der Waals surface area contributed by atoms with E-state index < -0.39 is 0 Å². The Morgan fingerprint density at radius 2 is 1.83 bits per heavy atom. The number of esters is 1. The van der Waals surface area contributed by atoms with Gasteiger partial charge >= 0.3 is 5.97 Å². The lowest BCUT2D eigenvalue weighted by Gasteiger charge is -2.07. The molecule has 0 amide bonds. The summed E-state index contributed by atoms with van der Waals surface area (Å²) in [7, 11) is 0. The number of carbonyl (C=O) groups excluding carboxylic acids is 1. The lowest BCUT2D eigenvalue weighted by molar-refractivity contribution is -0.140. The van der Waals surface area contributed by atoms with Gasteiger partial charge in [0.15, 0.2) is 0 Å². The fourth-order valence-electron chi connectivity index (χ4n) is 2.74. The van der Waals surface area contributed by atoms with Gasteiger partial charge in [0, 0.05) is 27.4 Å². The van der Waals surface area contributed by atoms with Crippen LogP contribution in [-0.2, 0) is 20.7 Å². The smallest absolute Gasteiger partial charge is 0.333 e. The number of rotatable bonds is 7. The lowest BCUT2D eigenvalue weighted by Crippen LogP contribution is -2.12. The third-order valence-corrected chi connectivity index (χ3v) is 3.95. The normalized spacial score (nSPS) is 11.0. The molecule has 1 aromatic heterocycles. The molecule has 0 fully saturated rings. The van der Waals surface area contributed by atoms with Crippen LogP contribution in [-0.4, -0.2) is 30.8 Å². The number of aromatic amines is 1. The number of aromatic nitrogens is 1. The monoisotopic (exact) mass is 323 g/mol. The summed E-state index contributed by atoms with van der Waals surface area (Å²) in [5.74, 6) is -0.374. The highest BCUT2D eigenvalue weighted by molar-refractivity contribution is 6.08. The van der Waals surface area contributed by atoms with Crippen molar-refractivity contribution < 1.29 is 14.3 Å². The van der Waals surface area contributed by atoms with E-state index in [1.54, 1.807) is 6.92 Å². The summed E-state index contributed by atoms with van der Waals surface area (Å²) in [5.41, 5.74) is 3.94. The van der Waals surface area contributed by atoms with Gasteiger partial charge in [-0.05, 0) is 25.0 Å². The number of para-hydroxylation sites is 2. The van der Waals surface area contributed by atoms with Gasteiger partial charge in [-0.3, -0.25) is 0 Å². The van der Waals surface area contributed by atoms with Crippen LogP contribution in [0.25, 0.3) is 21.8 Å². The highest BCUT2D eigenvalue weighted by Gasteiger charge is 2.07. The molecule has 0 aliphatic carbocycles. The van der Waals surface area contributed by atoms with Gasteiger partial charge in [-0.15, -0.1) is 0 Å². The van der Waals surface area contributed by atoms with Crippen LogP contribution in [0.4, 0.5) is 0 Å². The summed E-state index contributed by atoms with van der Waals surface area (Å²) >= 11 is 0. The van der Waals surface area contributed by atoms with Crippen molar-refractivity contribution in [2.75, 3.05) is 19.8 Å². The predicted octanol–water partition coefficient (Wildman–Crippen LogP) is 4.00. The van der Waals surface area contributed by atoms with Crippen molar-refractivity contribution in [1.82, 2.24) is 4.98 Å². The van der Waals surface area contributed by atoms with Crippen molar-refractivity contribution in [2.45, 2.75) is 13.3 Å². The van der Waals surface area contributed by atoms with Gasteiger partial charge in [-0.2, -0.15) is 0 Å². The number of hydrogen-bond donors (Lipinski definition) is 1. The van der Waals surface area contributed by atoms with Gasteiger partial charge in [0.1, 0.15) is 6.61 Å². The van der Waals surface area contributed by atoms with Crippen molar-refractivity contribution in [1.29, 1.82) is 0 Å². The van der Waals surface area contributed by atoms with E-state index in [0.717, 1.165) is 17.5 Å². The second-order valence-corrected chi connectivity index (χ2v) is 5.79. The molecule has 3 rings (SSSR count). The van der Waals surface area contributed by atoms with Crippen LogP contribution in [0.2, 0.25) is 0 Å².